The number of likely N-dealkylation sites (N-methyl/N-ethyl adjacent to an activating group) is 1. The van der Waals surface area contributed by atoms with Gasteiger partial charge < -0.3 is 20.0 Å². The Kier molecular flexibility index (Phi) is 8.50. The number of hydrogen-bond donors (Lipinski definition) is 1. The Morgan fingerprint density at radius 2 is 1.80 bits per heavy atom. The molecule has 0 bridgehead atoms. The molecule has 0 radical (unpaired) electrons. The van der Waals surface area contributed by atoms with Gasteiger partial charge in [-0.2, -0.15) is 0 Å². The van der Waals surface area contributed by atoms with Gasteiger partial charge in [0.25, 0.3) is 0 Å². The second-order valence-electron chi connectivity index (χ2n) is 8.07. The summed E-state index contributed by atoms with van der Waals surface area (Å²) in [6.07, 6.45) is 3.49. The molecule has 0 spiro atoms. The molecular weight excluding hydrogens is 400 g/mol. The van der Waals surface area contributed by atoms with E-state index < -0.39 is 0 Å². The number of piperidine rings is 1. The lowest BCUT2D eigenvalue weighted by molar-refractivity contribution is -0.133. The van der Waals surface area contributed by atoms with Gasteiger partial charge in [0.05, 0.1) is 13.1 Å². The minimum absolute atomic E-state index is 0.0174. The SMILES string of the molecule is CN(C)C(=O)CN=C(NCc1cccs1)N1CCN(CC(=O)N2CCCCC2)CC1. The maximum absolute atomic E-state index is 12.6. The van der Waals surface area contributed by atoms with Crippen molar-refractivity contribution in [3.05, 3.63) is 22.4 Å². The molecule has 2 fully saturated rings. The monoisotopic (exact) mass is 434 g/mol. The quantitative estimate of drug-likeness (QED) is 0.532. The highest BCUT2D eigenvalue weighted by molar-refractivity contribution is 7.09. The van der Waals surface area contributed by atoms with E-state index in [0.717, 1.165) is 58.1 Å². The molecule has 0 aliphatic carbocycles. The first-order valence-corrected chi connectivity index (χ1v) is 11.7. The van der Waals surface area contributed by atoms with Crippen LogP contribution in [0.2, 0.25) is 0 Å². The van der Waals surface area contributed by atoms with Crippen LogP contribution in [0.15, 0.2) is 22.5 Å². The first-order chi connectivity index (χ1) is 14.5. The molecule has 2 amide bonds. The molecule has 1 N–H and O–H groups in total. The van der Waals surface area contributed by atoms with E-state index in [4.69, 9.17) is 0 Å². The van der Waals surface area contributed by atoms with Gasteiger partial charge in [-0.1, -0.05) is 6.07 Å². The van der Waals surface area contributed by atoms with Gasteiger partial charge in [-0.25, -0.2) is 4.99 Å². The molecule has 2 saturated heterocycles. The molecule has 2 aliphatic heterocycles. The molecule has 1 aromatic rings. The Labute approximate surface area is 183 Å². The van der Waals surface area contributed by atoms with E-state index in [1.54, 1.807) is 30.3 Å². The number of aliphatic imine (C=N–C) groups is 1. The maximum atomic E-state index is 12.6. The fourth-order valence-corrected chi connectivity index (χ4v) is 4.33. The van der Waals surface area contributed by atoms with Crippen LogP contribution in [0.1, 0.15) is 24.1 Å². The van der Waals surface area contributed by atoms with Gasteiger partial charge in [-0.05, 0) is 30.7 Å². The average molecular weight is 435 g/mol. The summed E-state index contributed by atoms with van der Waals surface area (Å²) >= 11 is 1.70. The first kappa shape index (κ1) is 22.6. The second kappa shape index (κ2) is 11.3. The van der Waals surface area contributed by atoms with Crippen LogP contribution in [0.5, 0.6) is 0 Å². The van der Waals surface area contributed by atoms with Crippen molar-refractivity contribution in [1.29, 1.82) is 0 Å². The molecule has 0 aromatic carbocycles. The standard InChI is InChI=1S/C21H34N6O2S/c1-24(2)19(28)16-23-21(22-15-18-7-6-14-30-18)27-12-10-25(11-13-27)17-20(29)26-8-4-3-5-9-26/h6-7,14H,3-5,8-13,15-17H2,1-2H3,(H,22,23). The van der Waals surface area contributed by atoms with Crippen molar-refractivity contribution in [2.75, 3.05) is 66.5 Å². The zero-order valence-corrected chi connectivity index (χ0v) is 19.0. The van der Waals surface area contributed by atoms with Crippen LogP contribution < -0.4 is 5.32 Å². The molecule has 1 aromatic heterocycles. The number of carbonyl (C=O) groups excluding carboxylic acids is 2. The molecule has 3 rings (SSSR count). The summed E-state index contributed by atoms with van der Waals surface area (Å²) in [5.74, 6) is 1.00. The van der Waals surface area contributed by atoms with Gasteiger partial charge in [-0.15, -0.1) is 11.3 Å². The number of carbonyl (C=O) groups is 2. The van der Waals surface area contributed by atoms with Gasteiger partial charge in [0.1, 0.15) is 6.54 Å². The predicted octanol–water partition coefficient (Wildman–Crippen LogP) is 0.912. The molecule has 166 valence electrons. The number of thiophene rings is 1. The van der Waals surface area contributed by atoms with E-state index in [9.17, 15) is 9.59 Å². The summed E-state index contributed by atoms with van der Waals surface area (Å²) in [7, 11) is 3.49. The van der Waals surface area contributed by atoms with E-state index in [1.165, 1.54) is 11.3 Å². The topological polar surface area (TPSA) is 71.5 Å². The third-order valence-corrected chi connectivity index (χ3v) is 6.48. The average Bonchev–Trinajstić information content (AvgIpc) is 3.28. The van der Waals surface area contributed by atoms with Gasteiger partial charge in [0, 0.05) is 58.2 Å². The highest BCUT2D eigenvalue weighted by atomic mass is 32.1. The fraction of sp³-hybridized carbons (Fsp3) is 0.667. The maximum Gasteiger partial charge on any atom is 0.243 e. The van der Waals surface area contributed by atoms with Crippen molar-refractivity contribution in [2.24, 2.45) is 4.99 Å². The second-order valence-corrected chi connectivity index (χ2v) is 9.10. The number of nitrogens with one attached hydrogen (secondary N) is 1. The lowest BCUT2D eigenvalue weighted by Crippen LogP contribution is -2.54. The summed E-state index contributed by atoms with van der Waals surface area (Å²) in [5.41, 5.74) is 0. The van der Waals surface area contributed by atoms with Crippen LogP contribution in [-0.2, 0) is 16.1 Å². The van der Waals surface area contributed by atoms with E-state index in [2.05, 4.69) is 31.6 Å². The molecule has 8 nitrogen and oxygen atoms in total. The zero-order chi connectivity index (χ0) is 21.3. The molecule has 30 heavy (non-hydrogen) atoms. The summed E-state index contributed by atoms with van der Waals surface area (Å²) in [5, 5.41) is 5.47. The number of likely N-dealkylation sites (tertiary alicyclic amines) is 1. The molecule has 0 atom stereocenters. The highest BCUT2D eigenvalue weighted by Gasteiger charge is 2.24. The van der Waals surface area contributed by atoms with Crippen molar-refractivity contribution in [3.63, 3.8) is 0 Å². The number of nitrogens with zero attached hydrogens (tertiary/aromatic N) is 5. The fourth-order valence-electron chi connectivity index (χ4n) is 3.68. The Bertz CT molecular complexity index is 707. The first-order valence-electron chi connectivity index (χ1n) is 10.8. The van der Waals surface area contributed by atoms with Gasteiger partial charge in [0.2, 0.25) is 11.8 Å². The Hall–Kier alpha value is -2.13. The summed E-state index contributed by atoms with van der Waals surface area (Å²) in [4.78, 5) is 38.4. The van der Waals surface area contributed by atoms with Crippen LogP contribution in [-0.4, -0.2) is 104 Å². The number of rotatable bonds is 6. The lowest BCUT2D eigenvalue weighted by Gasteiger charge is -2.37. The van der Waals surface area contributed by atoms with Crippen molar-refractivity contribution in [3.8, 4) is 0 Å². The summed E-state index contributed by atoms with van der Waals surface area (Å²) in [6, 6.07) is 4.12. The molecule has 3 heterocycles. The molecule has 0 saturated carbocycles. The van der Waals surface area contributed by atoms with Crippen molar-refractivity contribution in [2.45, 2.75) is 25.8 Å². The molecule has 0 unspecified atom stereocenters. The number of amides is 2. The number of guanidine groups is 1. The van der Waals surface area contributed by atoms with Crippen molar-refractivity contribution in [1.82, 2.24) is 24.9 Å². The third kappa shape index (κ3) is 6.70. The van der Waals surface area contributed by atoms with Crippen LogP contribution in [0.25, 0.3) is 0 Å². The molecular formula is C21H34N6O2S. The Balaban J connectivity index is 1.53. The van der Waals surface area contributed by atoms with E-state index >= 15 is 0 Å². The lowest BCUT2D eigenvalue weighted by atomic mass is 10.1. The summed E-state index contributed by atoms with van der Waals surface area (Å²) in [6.45, 7) is 6.36. The van der Waals surface area contributed by atoms with Crippen LogP contribution in [0, 0.1) is 0 Å². The van der Waals surface area contributed by atoms with Gasteiger partial charge in [0.15, 0.2) is 5.96 Å². The smallest absolute Gasteiger partial charge is 0.243 e. The normalized spacial score (nSPS) is 18.4. The van der Waals surface area contributed by atoms with E-state index in [1.807, 2.05) is 11.0 Å². The van der Waals surface area contributed by atoms with Crippen LogP contribution in [0.4, 0.5) is 0 Å². The van der Waals surface area contributed by atoms with Crippen molar-refractivity contribution < 1.29 is 9.59 Å². The minimum atomic E-state index is -0.0174. The van der Waals surface area contributed by atoms with Crippen molar-refractivity contribution >= 4 is 29.1 Å². The van der Waals surface area contributed by atoms with Gasteiger partial charge in [-0.3, -0.25) is 14.5 Å². The van der Waals surface area contributed by atoms with E-state index in [-0.39, 0.29) is 18.4 Å². The Morgan fingerprint density at radius 1 is 1.07 bits per heavy atom. The zero-order valence-electron chi connectivity index (χ0n) is 18.2. The minimum Gasteiger partial charge on any atom is -0.351 e. The highest BCUT2D eigenvalue weighted by Crippen LogP contribution is 2.11. The third-order valence-electron chi connectivity index (χ3n) is 5.60. The predicted molar refractivity (Wildman–Crippen MR) is 121 cm³/mol. The van der Waals surface area contributed by atoms with Gasteiger partial charge >= 0.3 is 0 Å². The van der Waals surface area contributed by atoms with Crippen LogP contribution in [0.3, 0.4) is 0 Å². The molecule has 2 aliphatic rings. The molecule has 9 heteroatoms. The Morgan fingerprint density at radius 3 is 2.43 bits per heavy atom. The number of piperazine rings is 1. The van der Waals surface area contributed by atoms with E-state index in [0.29, 0.717) is 13.1 Å². The largest absolute Gasteiger partial charge is 0.351 e. The summed E-state index contributed by atoms with van der Waals surface area (Å²) < 4.78 is 0. The number of hydrogen-bond acceptors (Lipinski definition) is 5. The van der Waals surface area contributed by atoms with Crippen LogP contribution >= 0.6 is 11.3 Å².